The van der Waals surface area contributed by atoms with Crippen molar-refractivity contribution in [2.45, 2.75) is 11.5 Å². The Kier molecular flexibility index (Phi) is 5.14. The highest BCUT2D eigenvalue weighted by Gasteiger charge is 2.34. The number of hydrogen-bond acceptors (Lipinski definition) is 0. The van der Waals surface area contributed by atoms with Crippen LogP contribution < -0.4 is 0 Å². The summed E-state index contributed by atoms with van der Waals surface area (Å²) in [5.74, 6) is 0. The molecule has 2 aromatic rings. The van der Waals surface area contributed by atoms with E-state index >= 15 is 0 Å². The molecule has 0 amide bonds. The fourth-order valence-corrected chi connectivity index (χ4v) is 3.30. The summed E-state index contributed by atoms with van der Waals surface area (Å²) >= 11 is 21.1. The summed E-state index contributed by atoms with van der Waals surface area (Å²) in [6, 6.07) is 6.57. The van der Waals surface area contributed by atoms with Gasteiger partial charge in [-0.1, -0.05) is 56.8 Å². The predicted octanol–water partition coefficient (Wildman–Crippen LogP) is 7.23. The van der Waals surface area contributed by atoms with E-state index in [1.807, 2.05) is 0 Å². The first-order chi connectivity index (χ1) is 9.74. The van der Waals surface area contributed by atoms with Gasteiger partial charge >= 0.3 is 6.18 Å². The van der Waals surface area contributed by atoms with E-state index in [0.717, 1.165) is 6.07 Å². The van der Waals surface area contributed by atoms with E-state index in [0.29, 0.717) is 10.9 Å². The van der Waals surface area contributed by atoms with E-state index in [1.54, 1.807) is 0 Å². The Morgan fingerprint density at radius 1 is 0.952 bits per heavy atom. The smallest absolute Gasteiger partial charge is 0.166 e. The van der Waals surface area contributed by atoms with Crippen LogP contribution in [0.25, 0.3) is 11.1 Å². The molecule has 0 unspecified atom stereocenters. The van der Waals surface area contributed by atoms with Gasteiger partial charge in [0.1, 0.15) is 0 Å². The lowest BCUT2D eigenvalue weighted by molar-refractivity contribution is -0.137. The van der Waals surface area contributed by atoms with Gasteiger partial charge in [0.15, 0.2) is 0 Å². The van der Waals surface area contributed by atoms with Gasteiger partial charge in [-0.2, -0.15) is 13.2 Å². The molecule has 0 bridgehead atoms. The molecule has 0 saturated heterocycles. The van der Waals surface area contributed by atoms with Crippen LogP contribution in [0, 0.1) is 0 Å². The molecule has 0 spiro atoms. The highest BCUT2D eigenvalue weighted by Crippen LogP contribution is 2.44. The molecule has 2 rings (SSSR count). The van der Waals surface area contributed by atoms with Crippen molar-refractivity contribution in [1.82, 2.24) is 0 Å². The van der Waals surface area contributed by atoms with Gasteiger partial charge in [-0.3, -0.25) is 0 Å². The fraction of sp³-hybridized carbons (Fsp3) is 0.143. The lowest BCUT2D eigenvalue weighted by atomic mass is 9.97. The SMILES string of the molecule is FC(F)(F)c1ccc(CBr)cc1-c1c(Cl)cc(Cl)cc1Cl. The molecule has 0 aliphatic carbocycles. The highest BCUT2D eigenvalue weighted by atomic mass is 79.9. The van der Waals surface area contributed by atoms with Gasteiger partial charge in [0, 0.05) is 15.9 Å². The van der Waals surface area contributed by atoms with Crippen LogP contribution in [0.5, 0.6) is 0 Å². The van der Waals surface area contributed by atoms with Crippen molar-refractivity contribution in [3.63, 3.8) is 0 Å². The van der Waals surface area contributed by atoms with Crippen LogP contribution in [0.3, 0.4) is 0 Å². The third kappa shape index (κ3) is 3.67. The van der Waals surface area contributed by atoms with E-state index in [1.165, 1.54) is 24.3 Å². The van der Waals surface area contributed by atoms with Crippen LogP contribution in [-0.4, -0.2) is 0 Å². The van der Waals surface area contributed by atoms with Crippen molar-refractivity contribution in [2.24, 2.45) is 0 Å². The van der Waals surface area contributed by atoms with Gasteiger partial charge < -0.3 is 0 Å². The Morgan fingerprint density at radius 3 is 2.00 bits per heavy atom. The van der Waals surface area contributed by atoms with Crippen LogP contribution in [0.2, 0.25) is 15.1 Å². The first-order valence-corrected chi connectivity index (χ1v) is 7.90. The van der Waals surface area contributed by atoms with Crippen molar-refractivity contribution in [1.29, 1.82) is 0 Å². The second-order valence-electron chi connectivity index (χ2n) is 4.26. The van der Waals surface area contributed by atoms with Crippen molar-refractivity contribution in [2.75, 3.05) is 0 Å². The summed E-state index contributed by atoms with van der Waals surface area (Å²) in [6.07, 6.45) is -4.51. The summed E-state index contributed by atoms with van der Waals surface area (Å²) in [7, 11) is 0. The van der Waals surface area contributed by atoms with E-state index in [-0.39, 0.29) is 26.2 Å². The summed E-state index contributed by atoms with van der Waals surface area (Å²) in [5, 5.41) is 0.828. The predicted molar refractivity (Wildman–Crippen MR) is 84.5 cm³/mol. The molecule has 0 aliphatic heterocycles. The van der Waals surface area contributed by atoms with Gasteiger partial charge in [-0.05, 0) is 35.4 Å². The minimum absolute atomic E-state index is 0.0638. The molecule has 2 aromatic carbocycles. The van der Waals surface area contributed by atoms with Gasteiger partial charge in [-0.15, -0.1) is 0 Å². The Bertz CT molecular complexity index is 661. The molecule has 0 nitrogen and oxygen atoms in total. The number of halogens is 7. The number of rotatable bonds is 2. The Hall–Kier alpha value is -0.420. The molecule has 0 aliphatic rings. The maximum atomic E-state index is 13.2. The molecule has 0 aromatic heterocycles. The third-order valence-corrected chi connectivity index (χ3v) is 4.28. The summed E-state index contributed by atoms with van der Waals surface area (Å²) in [4.78, 5) is 0. The zero-order valence-electron chi connectivity index (χ0n) is 10.2. The largest absolute Gasteiger partial charge is 0.417 e. The highest BCUT2D eigenvalue weighted by molar-refractivity contribution is 9.08. The van der Waals surface area contributed by atoms with Gasteiger partial charge in [0.05, 0.1) is 15.6 Å². The van der Waals surface area contributed by atoms with Gasteiger partial charge in [-0.25, -0.2) is 0 Å². The molecule has 7 heteroatoms. The van der Waals surface area contributed by atoms with E-state index in [4.69, 9.17) is 34.8 Å². The second kappa shape index (κ2) is 6.37. The summed E-state index contributed by atoms with van der Waals surface area (Å²) in [5.41, 5.74) is -0.0534. The Labute approximate surface area is 142 Å². The Morgan fingerprint density at radius 2 is 1.52 bits per heavy atom. The van der Waals surface area contributed by atoms with Gasteiger partial charge in [0.25, 0.3) is 0 Å². The maximum Gasteiger partial charge on any atom is 0.417 e. The molecule has 0 N–H and O–H groups in total. The van der Waals surface area contributed by atoms with Crippen molar-refractivity contribution in [3.05, 3.63) is 56.5 Å². The minimum atomic E-state index is -4.51. The Balaban J connectivity index is 2.78. The molecule has 0 fully saturated rings. The molecule has 112 valence electrons. The molecular weight excluding hydrogens is 411 g/mol. The lowest BCUT2D eigenvalue weighted by Gasteiger charge is -2.16. The zero-order chi connectivity index (χ0) is 15.8. The number of alkyl halides is 4. The zero-order valence-corrected chi connectivity index (χ0v) is 14.1. The summed E-state index contributed by atoms with van der Waals surface area (Å²) in [6.45, 7) is 0. The molecule has 21 heavy (non-hydrogen) atoms. The number of hydrogen-bond donors (Lipinski definition) is 0. The fourth-order valence-electron chi connectivity index (χ4n) is 1.93. The molecule has 0 radical (unpaired) electrons. The quantitative estimate of drug-likeness (QED) is 0.452. The molecule has 0 saturated carbocycles. The standard InChI is InChI=1S/C14H7BrCl3F3/c15-6-7-1-2-10(14(19,20)21)9(3-7)13-11(17)4-8(16)5-12(13)18/h1-5H,6H2. The average molecular weight is 418 g/mol. The van der Waals surface area contributed by atoms with E-state index < -0.39 is 11.7 Å². The van der Waals surface area contributed by atoms with Crippen LogP contribution in [0.1, 0.15) is 11.1 Å². The van der Waals surface area contributed by atoms with Crippen molar-refractivity contribution >= 4 is 50.7 Å². The van der Waals surface area contributed by atoms with Crippen LogP contribution in [-0.2, 0) is 11.5 Å². The molecule has 0 heterocycles. The molecule has 0 atom stereocenters. The van der Waals surface area contributed by atoms with Crippen molar-refractivity contribution in [3.8, 4) is 11.1 Å². The monoisotopic (exact) mass is 416 g/mol. The first-order valence-electron chi connectivity index (χ1n) is 5.65. The van der Waals surface area contributed by atoms with Crippen LogP contribution in [0.4, 0.5) is 13.2 Å². The van der Waals surface area contributed by atoms with E-state index in [2.05, 4.69) is 15.9 Å². The maximum absolute atomic E-state index is 13.2. The first kappa shape index (κ1) is 16.9. The second-order valence-corrected chi connectivity index (χ2v) is 6.07. The number of benzene rings is 2. The van der Waals surface area contributed by atoms with Gasteiger partial charge in [0.2, 0.25) is 0 Å². The lowest BCUT2D eigenvalue weighted by Crippen LogP contribution is -2.08. The topological polar surface area (TPSA) is 0 Å². The average Bonchev–Trinajstić information content (AvgIpc) is 2.36. The normalized spacial score (nSPS) is 11.8. The molecular formula is C14H7BrCl3F3. The van der Waals surface area contributed by atoms with Crippen molar-refractivity contribution < 1.29 is 13.2 Å². The summed E-state index contributed by atoms with van der Waals surface area (Å²) < 4.78 is 39.6. The third-order valence-electron chi connectivity index (χ3n) is 2.82. The van der Waals surface area contributed by atoms with E-state index in [9.17, 15) is 13.2 Å². The van der Waals surface area contributed by atoms with Crippen LogP contribution in [0.15, 0.2) is 30.3 Å². The minimum Gasteiger partial charge on any atom is -0.166 e. The van der Waals surface area contributed by atoms with Crippen LogP contribution >= 0.6 is 50.7 Å².